The van der Waals surface area contributed by atoms with Crippen LogP contribution in [0, 0.1) is 6.92 Å². The summed E-state index contributed by atoms with van der Waals surface area (Å²) in [6.45, 7) is 10.5. The summed E-state index contributed by atoms with van der Waals surface area (Å²) in [4.78, 5) is 8.93. The summed E-state index contributed by atoms with van der Waals surface area (Å²) in [5.41, 5.74) is 6.91. The zero-order valence-corrected chi connectivity index (χ0v) is 13.5. The van der Waals surface area contributed by atoms with Gasteiger partial charge in [-0.2, -0.15) is 11.8 Å². The van der Waals surface area contributed by atoms with Gasteiger partial charge in [0, 0.05) is 17.5 Å². The van der Waals surface area contributed by atoms with Crippen LogP contribution >= 0.6 is 11.8 Å². The molecule has 19 heavy (non-hydrogen) atoms. The molecule has 1 aromatic rings. The lowest BCUT2D eigenvalue weighted by atomic mass is 10.2. The summed E-state index contributed by atoms with van der Waals surface area (Å²) in [6, 6.07) is 0.395. The van der Waals surface area contributed by atoms with Crippen LogP contribution in [0.2, 0.25) is 0 Å². The smallest absolute Gasteiger partial charge is 0.135 e. The van der Waals surface area contributed by atoms with Gasteiger partial charge in [0.2, 0.25) is 0 Å². The summed E-state index contributed by atoms with van der Waals surface area (Å²) in [6.07, 6.45) is 1.12. The maximum absolute atomic E-state index is 5.96. The first-order chi connectivity index (χ1) is 8.95. The largest absolute Gasteiger partial charge is 0.383 e. The molecule has 5 heteroatoms. The third-order valence-electron chi connectivity index (χ3n) is 3.00. The molecule has 1 heterocycles. The molecule has 0 saturated carbocycles. The number of hydrogen-bond acceptors (Lipinski definition) is 5. The lowest BCUT2D eigenvalue weighted by Gasteiger charge is -2.18. The molecule has 4 nitrogen and oxygen atoms in total. The molecule has 0 aromatic carbocycles. The minimum Gasteiger partial charge on any atom is -0.383 e. The van der Waals surface area contributed by atoms with Crippen molar-refractivity contribution in [2.75, 3.05) is 22.6 Å². The number of hydrogen-bond donors (Lipinski definition) is 2. The van der Waals surface area contributed by atoms with Gasteiger partial charge in [-0.25, -0.2) is 9.97 Å². The molecule has 0 aliphatic heterocycles. The van der Waals surface area contributed by atoms with E-state index in [1.165, 1.54) is 11.5 Å². The molecule has 1 aromatic heterocycles. The zero-order valence-electron chi connectivity index (χ0n) is 12.7. The minimum absolute atomic E-state index is 0.286. The van der Waals surface area contributed by atoms with E-state index in [0.717, 1.165) is 23.6 Å². The van der Waals surface area contributed by atoms with E-state index in [2.05, 4.69) is 43.0 Å². The molecule has 0 fully saturated rings. The van der Waals surface area contributed by atoms with Crippen molar-refractivity contribution in [2.45, 2.75) is 53.0 Å². The lowest BCUT2D eigenvalue weighted by molar-refractivity contribution is 0.744. The molecular weight excluding hydrogens is 256 g/mol. The van der Waals surface area contributed by atoms with Crippen LogP contribution in [0.5, 0.6) is 0 Å². The summed E-state index contributed by atoms with van der Waals surface area (Å²) >= 11 is 1.96. The first-order valence-corrected chi connectivity index (χ1v) is 8.09. The standard InChI is InChI=1S/C14H26N4S/c1-6-19-8-7-10(4)16-14-11(5)12(15)17-13(18-14)9(2)3/h9-10H,6-8H2,1-5H3,(H3,15,16,17,18). The van der Waals surface area contributed by atoms with E-state index in [0.29, 0.717) is 11.9 Å². The Labute approximate surface area is 121 Å². The Hall–Kier alpha value is -0.970. The topological polar surface area (TPSA) is 63.8 Å². The maximum Gasteiger partial charge on any atom is 0.135 e. The summed E-state index contributed by atoms with van der Waals surface area (Å²) in [7, 11) is 0. The Morgan fingerprint density at radius 3 is 2.53 bits per heavy atom. The van der Waals surface area contributed by atoms with Crippen LogP contribution in [0.25, 0.3) is 0 Å². The summed E-state index contributed by atoms with van der Waals surface area (Å²) in [5.74, 6) is 4.89. The van der Waals surface area contributed by atoms with Crippen LogP contribution in [-0.2, 0) is 0 Å². The highest BCUT2D eigenvalue weighted by atomic mass is 32.2. The van der Waals surface area contributed by atoms with Gasteiger partial charge < -0.3 is 11.1 Å². The van der Waals surface area contributed by atoms with Crippen molar-refractivity contribution in [1.82, 2.24) is 9.97 Å². The SMILES string of the molecule is CCSCCC(C)Nc1nc(C(C)C)nc(N)c1C. The first-order valence-electron chi connectivity index (χ1n) is 6.94. The van der Waals surface area contributed by atoms with Gasteiger partial charge >= 0.3 is 0 Å². The van der Waals surface area contributed by atoms with Gasteiger partial charge in [0.05, 0.1) is 0 Å². The van der Waals surface area contributed by atoms with Crippen LogP contribution in [0.3, 0.4) is 0 Å². The lowest BCUT2D eigenvalue weighted by Crippen LogP contribution is -2.19. The highest BCUT2D eigenvalue weighted by molar-refractivity contribution is 7.99. The zero-order chi connectivity index (χ0) is 14.4. The van der Waals surface area contributed by atoms with Crippen molar-refractivity contribution in [3.05, 3.63) is 11.4 Å². The summed E-state index contributed by atoms with van der Waals surface area (Å²) in [5, 5.41) is 3.46. The van der Waals surface area contributed by atoms with Gasteiger partial charge in [0.15, 0.2) is 0 Å². The molecule has 0 amide bonds. The molecule has 1 unspecified atom stereocenters. The number of rotatable bonds is 7. The Morgan fingerprint density at radius 2 is 1.95 bits per heavy atom. The van der Waals surface area contributed by atoms with Crippen molar-refractivity contribution < 1.29 is 0 Å². The van der Waals surface area contributed by atoms with Crippen LogP contribution in [0.1, 0.15) is 51.4 Å². The quantitative estimate of drug-likeness (QED) is 0.750. The molecule has 0 saturated heterocycles. The minimum atomic E-state index is 0.286. The molecule has 0 radical (unpaired) electrons. The van der Waals surface area contributed by atoms with Crippen LogP contribution in [0.15, 0.2) is 0 Å². The number of aromatic nitrogens is 2. The van der Waals surface area contributed by atoms with Gasteiger partial charge in [-0.1, -0.05) is 20.8 Å². The molecule has 1 atom stereocenters. The van der Waals surface area contributed by atoms with Gasteiger partial charge in [-0.3, -0.25) is 0 Å². The molecule has 1 rings (SSSR count). The second-order valence-electron chi connectivity index (χ2n) is 5.13. The Balaban J connectivity index is 2.76. The number of nitrogens with one attached hydrogen (secondary N) is 1. The van der Waals surface area contributed by atoms with E-state index < -0.39 is 0 Å². The van der Waals surface area contributed by atoms with Crippen LogP contribution in [-0.4, -0.2) is 27.5 Å². The Kier molecular flexibility index (Phi) is 6.42. The van der Waals surface area contributed by atoms with Crippen molar-refractivity contribution in [3.63, 3.8) is 0 Å². The highest BCUT2D eigenvalue weighted by Gasteiger charge is 2.12. The van der Waals surface area contributed by atoms with E-state index in [4.69, 9.17) is 5.73 Å². The molecule has 0 bridgehead atoms. The number of nitrogens with two attached hydrogens (primary N) is 1. The monoisotopic (exact) mass is 282 g/mol. The fourth-order valence-electron chi connectivity index (χ4n) is 1.66. The molecular formula is C14H26N4S. The third kappa shape index (κ3) is 4.90. The number of nitrogen functional groups attached to an aromatic ring is 1. The number of nitrogens with zero attached hydrogens (tertiary/aromatic N) is 2. The summed E-state index contributed by atoms with van der Waals surface area (Å²) < 4.78 is 0. The Morgan fingerprint density at radius 1 is 1.26 bits per heavy atom. The fraction of sp³-hybridized carbons (Fsp3) is 0.714. The average molecular weight is 282 g/mol. The van der Waals surface area contributed by atoms with E-state index >= 15 is 0 Å². The maximum atomic E-state index is 5.96. The first kappa shape index (κ1) is 16.1. The van der Waals surface area contributed by atoms with Gasteiger partial charge in [-0.05, 0) is 31.8 Å². The third-order valence-corrected chi connectivity index (χ3v) is 3.93. The average Bonchev–Trinajstić information content (AvgIpc) is 2.34. The molecule has 108 valence electrons. The van der Waals surface area contributed by atoms with E-state index in [9.17, 15) is 0 Å². The van der Waals surface area contributed by atoms with Crippen molar-refractivity contribution in [3.8, 4) is 0 Å². The van der Waals surface area contributed by atoms with Crippen molar-refractivity contribution in [2.24, 2.45) is 0 Å². The predicted molar refractivity (Wildman–Crippen MR) is 86.0 cm³/mol. The predicted octanol–water partition coefficient (Wildman–Crippen LogP) is 3.43. The van der Waals surface area contributed by atoms with Crippen molar-refractivity contribution >= 4 is 23.4 Å². The molecule has 0 aliphatic carbocycles. The normalized spacial score (nSPS) is 12.7. The second-order valence-corrected chi connectivity index (χ2v) is 6.52. The molecule has 0 spiro atoms. The van der Waals surface area contributed by atoms with Crippen LogP contribution < -0.4 is 11.1 Å². The number of anilines is 2. The Bertz CT molecular complexity index is 407. The van der Waals surface area contributed by atoms with Crippen LogP contribution in [0.4, 0.5) is 11.6 Å². The van der Waals surface area contributed by atoms with Gasteiger partial charge in [-0.15, -0.1) is 0 Å². The van der Waals surface area contributed by atoms with E-state index in [1.807, 2.05) is 18.7 Å². The van der Waals surface area contributed by atoms with Gasteiger partial charge in [0.25, 0.3) is 0 Å². The molecule has 0 aliphatic rings. The highest BCUT2D eigenvalue weighted by Crippen LogP contribution is 2.22. The second kappa shape index (κ2) is 7.58. The van der Waals surface area contributed by atoms with Gasteiger partial charge in [0.1, 0.15) is 17.5 Å². The van der Waals surface area contributed by atoms with E-state index in [1.54, 1.807) is 0 Å². The number of thioether (sulfide) groups is 1. The van der Waals surface area contributed by atoms with E-state index in [-0.39, 0.29) is 5.92 Å². The van der Waals surface area contributed by atoms with Crippen molar-refractivity contribution in [1.29, 1.82) is 0 Å². The fourth-order valence-corrected chi connectivity index (χ4v) is 2.47. The molecule has 3 N–H and O–H groups in total.